The van der Waals surface area contributed by atoms with Crippen molar-refractivity contribution in [1.82, 2.24) is 15.1 Å². The molecule has 0 atom stereocenters. The summed E-state index contributed by atoms with van der Waals surface area (Å²) in [7, 11) is 0. The molecule has 0 fully saturated rings. The standard InChI is InChI=1S/C18H16FN3O/c19-17-9-5-4-6-14(17)10-11-20-18(23)15-12-21-22(13-15)16-7-2-1-3-8-16/h1-9,12-13H,10-11H2,(H,20,23). The van der Waals surface area contributed by atoms with Gasteiger partial charge < -0.3 is 5.32 Å². The van der Waals surface area contributed by atoms with E-state index in [-0.39, 0.29) is 11.7 Å². The van der Waals surface area contributed by atoms with Gasteiger partial charge in [0.1, 0.15) is 5.82 Å². The predicted octanol–water partition coefficient (Wildman–Crippen LogP) is 2.98. The highest BCUT2D eigenvalue weighted by Crippen LogP contribution is 2.08. The van der Waals surface area contributed by atoms with Crippen LogP contribution in [0.25, 0.3) is 5.69 Å². The second kappa shape index (κ2) is 6.87. The third-order valence-electron chi connectivity index (χ3n) is 3.50. The van der Waals surface area contributed by atoms with Crippen molar-refractivity contribution in [2.45, 2.75) is 6.42 Å². The van der Waals surface area contributed by atoms with E-state index in [0.717, 1.165) is 5.69 Å². The van der Waals surface area contributed by atoms with Crippen molar-refractivity contribution in [2.24, 2.45) is 0 Å². The van der Waals surface area contributed by atoms with E-state index in [1.54, 1.807) is 29.1 Å². The molecular weight excluding hydrogens is 293 g/mol. The molecular formula is C18H16FN3O. The van der Waals surface area contributed by atoms with Crippen LogP contribution in [0.15, 0.2) is 67.0 Å². The minimum absolute atomic E-state index is 0.219. The van der Waals surface area contributed by atoms with Gasteiger partial charge in [0.15, 0.2) is 0 Å². The molecule has 0 spiro atoms. The lowest BCUT2D eigenvalue weighted by molar-refractivity contribution is 0.0954. The van der Waals surface area contributed by atoms with Gasteiger partial charge in [0, 0.05) is 12.7 Å². The van der Waals surface area contributed by atoms with Gasteiger partial charge in [-0.15, -0.1) is 0 Å². The third-order valence-corrected chi connectivity index (χ3v) is 3.50. The first-order chi connectivity index (χ1) is 11.2. The second-order valence-corrected chi connectivity index (χ2v) is 5.11. The van der Waals surface area contributed by atoms with E-state index >= 15 is 0 Å². The van der Waals surface area contributed by atoms with E-state index in [9.17, 15) is 9.18 Å². The van der Waals surface area contributed by atoms with Crippen LogP contribution in [-0.4, -0.2) is 22.2 Å². The van der Waals surface area contributed by atoms with Crippen LogP contribution in [0.3, 0.4) is 0 Å². The van der Waals surface area contributed by atoms with Crippen LogP contribution >= 0.6 is 0 Å². The lowest BCUT2D eigenvalue weighted by Gasteiger charge is -2.05. The van der Waals surface area contributed by atoms with Crippen LogP contribution < -0.4 is 5.32 Å². The maximum absolute atomic E-state index is 13.5. The fourth-order valence-corrected chi connectivity index (χ4v) is 2.28. The molecule has 23 heavy (non-hydrogen) atoms. The summed E-state index contributed by atoms with van der Waals surface area (Å²) in [6.07, 6.45) is 3.64. The molecule has 3 aromatic rings. The minimum atomic E-state index is -0.251. The maximum Gasteiger partial charge on any atom is 0.254 e. The average Bonchev–Trinajstić information content (AvgIpc) is 3.07. The molecule has 4 nitrogen and oxygen atoms in total. The van der Waals surface area contributed by atoms with Crippen LogP contribution in [0.5, 0.6) is 0 Å². The molecule has 5 heteroatoms. The van der Waals surface area contributed by atoms with Crippen LogP contribution in [-0.2, 0) is 6.42 Å². The molecule has 0 radical (unpaired) electrons. The van der Waals surface area contributed by atoms with Crippen LogP contribution in [0.4, 0.5) is 4.39 Å². The van der Waals surface area contributed by atoms with Crippen molar-refractivity contribution in [3.8, 4) is 5.69 Å². The van der Waals surface area contributed by atoms with Gasteiger partial charge in [-0.25, -0.2) is 9.07 Å². The first-order valence-electron chi connectivity index (χ1n) is 7.36. The average molecular weight is 309 g/mol. The summed E-state index contributed by atoms with van der Waals surface area (Å²) in [5, 5.41) is 6.96. The van der Waals surface area contributed by atoms with Crippen molar-refractivity contribution in [3.63, 3.8) is 0 Å². The summed E-state index contributed by atoms with van der Waals surface area (Å²) in [6.45, 7) is 0.371. The Labute approximate surface area is 133 Å². The van der Waals surface area contributed by atoms with Gasteiger partial charge >= 0.3 is 0 Å². The number of amides is 1. The number of hydrogen-bond acceptors (Lipinski definition) is 2. The Morgan fingerprint density at radius 2 is 1.83 bits per heavy atom. The lowest BCUT2D eigenvalue weighted by Crippen LogP contribution is -2.25. The van der Waals surface area contributed by atoms with Crippen molar-refractivity contribution in [3.05, 3.63) is 83.9 Å². The summed E-state index contributed by atoms with van der Waals surface area (Å²) in [4.78, 5) is 12.1. The van der Waals surface area contributed by atoms with Gasteiger partial charge in [0.2, 0.25) is 0 Å². The SMILES string of the molecule is O=C(NCCc1ccccc1F)c1cnn(-c2ccccc2)c1. The Kier molecular flexibility index (Phi) is 4.47. The molecule has 1 aromatic heterocycles. The number of para-hydroxylation sites is 1. The van der Waals surface area contributed by atoms with E-state index < -0.39 is 0 Å². The zero-order chi connectivity index (χ0) is 16.1. The van der Waals surface area contributed by atoms with E-state index in [0.29, 0.717) is 24.1 Å². The van der Waals surface area contributed by atoms with E-state index in [2.05, 4.69) is 10.4 Å². The summed E-state index contributed by atoms with van der Waals surface area (Å²) < 4.78 is 15.1. The fourth-order valence-electron chi connectivity index (χ4n) is 2.28. The maximum atomic E-state index is 13.5. The normalized spacial score (nSPS) is 10.5. The summed E-state index contributed by atoms with van der Waals surface area (Å²) in [5.41, 5.74) is 1.95. The van der Waals surface area contributed by atoms with Gasteiger partial charge in [-0.2, -0.15) is 5.10 Å². The van der Waals surface area contributed by atoms with Crippen molar-refractivity contribution in [2.75, 3.05) is 6.54 Å². The number of carbonyl (C=O) groups excluding carboxylic acids is 1. The van der Waals surface area contributed by atoms with E-state index in [4.69, 9.17) is 0 Å². The molecule has 3 rings (SSSR count). The summed E-state index contributed by atoms with van der Waals surface area (Å²) >= 11 is 0. The molecule has 0 unspecified atom stereocenters. The third kappa shape index (κ3) is 3.63. The van der Waals surface area contributed by atoms with Crippen molar-refractivity contribution in [1.29, 1.82) is 0 Å². The van der Waals surface area contributed by atoms with Gasteiger partial charge in [-0.05, 0) is 30.2 Å². The Morgan fingerprint density at radius 1 is 1.09 bits per heavy atom. The molecule has 116 valence electrons. The molecule has 0 aliphatic rings. The van der Waals surface area contributed by atoms with Crippen LogP contribution in [0.2, 0.25) is 0 Å². The molecule has 2 aromatic carbocycles. The molecule has 1 amide bonds. The second-order valence-electron chi connectivity index (χ2n) is 5.11. The van der Waals surface area contributed by atoms with Gasteiger partial charge in [-0.3, -0.25) is 4.79 Å². The van der Waals surface area contributed by atoms with Gasteiger partial charge in [0.05, 0.1) is 17.4 Å². The number of halogens is 1. The van der Waals surface area contributed by atoms with Crippen molar-refractivity contribution < 1.29 is 9.18 Å². The number of hydrogen-bond donors (Lipinski definition) is 1. The predicted molar refractivity (Wildman–Crippen MR) is 86.0 cm³/mol. The summed E-state index contributed by atoms with van der Waals surface area (Å²) in [6, 6.07) is 16.1. The Hall–Kier alpha value is -2.95. The topological polar surface area (TPSA) is 46.9 Å². The first kappa shape index (κ1) is 15.0. The van der Waals surface area contributed by atoms with E-state index in [1.807, 2.05) is 30.3 Å². The van der Waals surface area contributed by atoms with Crippen LogP contribution in [0, 0.1) is 5.82 Å². The van der Waals surface area contributed by atoms with E-state index in [1.165, 1.54) is 12.3 Å². The molecule has 0 saturated carbocycles. The molecule has 1 heterocycles. The van der Waals surface area contributed by atoms with Crippen LogP contribution in [0.1, 0.15) is 15.9 Å². The minimum Gasteiger partial charge on any atom is -0.352 e. The highest BCUT2D eigenvalue weighted by atomic mass is 19.1. The molecule has 0 aliphatic heterocycles. The monoisotopic (exact) mass is 309 g/mol. The summed E-state index contributed by atoms with van der Waals surface area (Å²) in [5.74, 6) is -0.470. The Balaban J connectivity index is 1.59. The molecule has 0 aliphatic carbocycles. The van der Waals surface area contributed by atoms with Crippen molar-refractivity contribution >= 4 is 5.91 Å². The highest BCUT2D eigenvalue weighted by Gasteiger charge is 2.09. The number of carbonyl (C=O) groups is 1. The molecule has 0 bridgehead atoms. The number of rotatable bonds is 5. The largest absolute Gasteiger partial charge is 0.352 e. The Bertz CT molecular complexity index is 799. The molecule has 1 N–H and O–H groups in total. The number of aromatic nitrogens is 2. The van der Waals surface area contributed by atoms with Gasteiger partial charge in [0.25, 0.3) is 5.91 Å². The van der Waals surface area contributed by atoms with Gasteiger partial charge in [-0.1, -0.05) is 36.4 Å². The quantitative estimate of drug-likeness (QED) is 0.787. The Morgan fingerprint density at radius 3 is 2.61 bits per heavy atom. The number of nitrogens with zero attached hydrogens (tertiary/aromatic N) is 2. The highest BCUT2D eigenvalue weighted by molar-refractivity contribution is 5.93. The lowest BCUT2D eigenvalue weighted by atomic mass is 10.1. The zero-order valence-corrected chi connectivity index (χ0v) is 12.4. The molecule has 0 saturated heterocycles. The first-order valence-corrected chi connectivity index (χ1v) is 7.36. The number of nitrogens with one attached hydrogen (secondary N) is 1. The zero-order valence-electron chi connectivity index (χ0n) is 12.4. The fraction of sp³-hybridized carbons (Fsp3) is 0.111. The smallest absolute Gasteiger partial charge is 0.254 e. The number of benzene rings is 2.